The Morgan fingerprint density at radius 2 is 0.793 bits per heavy atom. The van der Waals surface area contributed by atoms with E-state index in [4.69, 9.17) is 13.8 Å². The van der Waals surface area contributed by atoms with Crippen LogP contribution in [0.1, 0.15) is 245 Å². The number of carboxylic acid groups (broad SMARTS) is 1. The topological polar surface area (TPSA) is 169 Å². The molecule has 0 aliphatic rings. The lowest BCUT2D eigenvalue weighted by Gasteiger charge is -2.18. The smallest absolute Gasteiger partial charge is 0.472 e. The Morgan fingerprint density at radius 1 is 0.483 bits per heavy atom. The number of esters is 1. The summed E-state index contributed by atoms with van der Waals surface area (Å²) in [4.78, 5) is 45.9. The standard InChI is InChI=1S/C46H90NO10P/c1-3-5-7-9-11-13-15-17-18-19-20-21-22-23-24-26-28-30-32-34-36-38-45(50)55-39-42(48)40-56-58(53,54)57-41-43(46(51)52)47-44(49)37-35-33-31-29-27-25-16-14-12-10-8-6-4-2/h42-43,48H,3-41H2,1-2H3,(H,47,49)(H,51,52)(H,53,54). The minimum Gasteiger partial charge on any atom is -0.480 e. The molecule has 0 spiro atoms. The molecule has 0 aromatic heterocycles. The molecule has 58 heavy (non-hydrogen) atoms. The molecule has 0 aliphatic heterocycles. The Labute approximate surface area is 354 Å². The van der Waals surface area contributed by atoms with Crippen molar-refractivity contribution in [2.45, 2.75) is 257 Å². The zero-order chi connectivity index (χ0) is 42.8. The average Bonchev–Trinajstić information content (AvgIpc) is 3.20. The lowest BCUT2D eigenvalue weighted by Crippen LogP contribution is -2.43. The first-order valence-corrected chi connectivity index (χ1v) is 25.6. The van der Waals surface area contributed by atoms with Gasteiger partial charge < -0.3 is 25.2 Å². The van der Waals surface area contributed by atoms with Gasteiger partial charge in [0.25, 0.3) is 0 Å². The number of carboxylic acids is 1. The number of aliphatic carboxylic acids is 1. The molecule has 0 rings (SSSR count). The van der Waals surface area contributed by atoms with Gasteiger partial charge in [-0.25, -0.2) is 9.36 Å². The normalized spacial score (nSPS) is 13.6. The zero-order valence-electron chi connectivity index (χ0n) is 37.4. The fraction of sp³-hybridized carbons (Fsp3) is 0.935. The van der Waals surface area contributed by atoms with Crippen LogP contribution in [0.5, 0.6) is 0 Å². The summed E-state index contributed by atoms with van der Waals surface area (Å²) in [5.41, 5.74) is 0. The number of phosphoric acid groups is 1. The van der Waals surface area contributed by atoms with Gasteiger partial charge in [0.15, 0.2) is 6.04 Å². The predicted molar refractivity (Wildman–Crippen MR) is 236 cm³/mol. The van der Waals surface area contributed by atoms with E-state index >= 15 is 0 Å². The van der Waals surface area contributed by atoms with Crippen LogP contribution >= 0.6 is 7.82 Å². The fourth-order valence-corrected chi connectivity index (χ4v) is 7.91. The molecule has 0 radical (unpaired) electrons. The zero-order valence-corrected chi connectivity index (χ0v) is 38.3. The maximum atomic E-state index is 12.3. The lowest BCUT2D eigenvalue weighted by molar-refractivity contribution is -0.147. The number of ether oxygens (including phenoxy) is 1. The highest BCUT2D eigenvalue weighted by atomic mass is 31.2. The second-order valence-corrected chi connectivity index (χ2v) is 18.1. The number of carbonyl (C=O) groups is 3. The quantitative estimate of drug-likeness (QED) is 0.0263. The highest BCUT2D eigenvalue weighted by molar-refractivity contribution is 7.47. The van der Waals surface area contributed by atoms with E-state index in [1.807, 2.05) is 0 Å². The summed E-state index contributed by atoms with van der Waals surface area (Å²) in [6.07, 6.45) is 41.3. The van der Waals surface area contributed by atoms with Crippen molar-refractivity contribution in [1.82, 2.24) is 5.32 Å². The predicted octanol–water partition coefficient (Wildman–Crippen LogP) is 12.7. The molecule has 3 unspecified atom stereocenters. The number of nitrogens with one attached hydrogen (secondary N) is 1. The van der Waals surface area contributed by atoms with Gasteiger partial charge in [0.2, 0.25) is 5.91 Å². The van der Waals surface area contributed by atoms with Crippen LogP contribution in [0.15, 0.2) is 0 Å². The van der Waals surface area contributed by atoms with Gasteiger partial charge in [-0.3, -0.25) is 18.6 Å². The molecule has 0 saturated carbocycles. The molecule has 3 atom stereocenters. The molecule has 12 heteroatoms. The van der Waals surface area contributed by atoms with Gasteiger partial charge in [-0.2, -0.15) is 0 Å². The van der Waals surface area contributed by atoms with E-state index in [1.54, 1.807) is 0 Å². The van der Waals surface area contributed by atoms with Gasteiger partial charge >= 0.3 is 19.8 Å². The Balaban J connectivity index is 3.78. The minimum absolute atomic E-state index is 0.152. The van der Waals surface area contributed by atoms with Gasteiger partial charge in [-0.1, -0.05) is 219 Å². The van der Waals surface area contributed by atoms with Crippen LogP contribution in [0.4, 0.5) is 0 Å². The van der Waals surface area contributed by atoms with Crippen molar-refractivity contribution in [3.05, 3.63) is 0 Å². The maximum Gasteiger partial charge on any atom is 0.472 e. The molecule has 0 saturated heterocycles. The van der Waals surface area contributed by atoms with E-state index in [1.165, 1.54) is 167 Å². The number of aliphatic hydroxyl groups is 1. The Kier molecular flexibility index (Phi) is 41.1. The molecule has 0 aromatic carbocycles. The summed E-state index contributed by atoms with van der Waals surface area (Å²) >= 11 is 0. The first-order valence-electron chi connectivity index (χ1n) is 24.1. The monoisotopic (exact) mass is 848 g/mol. The van der Waals surface area contributed by atoms with Gasteiger partial charge in [-0.15, -0.1) is 0 Å². The van der Waals surface area contributed by atoms with Crippen molar-refractivity contribution in [3.63, 3.8) is 0 Å². The molecule has 0 heterocycles. The van der Waals surface area contributed by atoms with Gasteiger partial charge in [0.1, 0.15) is 12.7 Å². The van der Waals surface area contributed by atoms with Gasteiger partial charge in [-0.05, 0) is 12.8 Å². The minimum atomic E-state index is -4.75. The lowest BCUT2D eigenvalue weighted by atomic mass is 10.0. The first-order chi connectivity index (χ1) is 28.1. The van der Waals surface area contributed by atoms with Gasteiger partial charge in [0, 0.05) is 12.8 Å². The Hall–Kier alpha value is -1.52. The van der Waals surface area contributed by atoms with Crippen molar-refractivity contribution < 1.29 is 47.8 Å². The Bertz CT molecular complexity index is 1000. The molecular weight excluding hydrogens is 757 g/mol. The summed E-state index contributed by atoms with van der Waals surface area (Å²) < 4.78 is 26.9. The largest absolute Gasteiger partial charge is 0.480 e. The molecule has 1 amide bonds. The van der Waals surface area contributed by atoms with Crippen LogP contribution in [0, 0.1) is 0 Å². The molecule has 0 fully saturated rings. The molecule has 0 aromatic rings. The van der Waals surface area contributed by atoms with Crippen molar-refractivity contribution in [2.24, 2.45) is 0 Å². The third-order valence-corrected chi connectivity index (χ3v) is 11.8. The van der Waals surface area contributed by atoms with Crippen LogP contribution in [-0.4, -0.2) is 64.9 Å². The highest BCUT2D eigenvalue weighted by Crippen LogP contribution is 2.43. The average molecular weight is 848 g/mol. The maximum absolute atomic E-state index is 12.3. The number of unbranched alkanes of at least 4 members (excludes halogenated alkanes) is 32. The van der Waals surface area contributed by atoms with Crippen molar-refractivity contribution in [1.29, 1.82) is 0 Å². The van der Waals surface area contributed by atoms with E-state index in [9.17, 15) is 34.1 Å². The van der Waals surface area contributed by atoms with Crippen LogP contribution in [0.2, 0.25) is 0 Å². The molecular formula is C46H90NO10P. The van der Waals surface area contributed by atoms with E-state index < -0.39 is 57.6 Å². The van der Waals surface area contributed by atoms with E-state index in [0.29, 0.717) is 12.8 Å². The highest BCUT2D eigenvalue weighted by Gasteiger charge is 2.28. The molecule has 344 valence electrons. The van der Waals surface area contributed by atoms with Gasteiger partial charge in [0.05, 0.1) is 13.2 Å². The second kappa shape index (κ2) is 42.2. The third kappa shape index (κ3) is 41.2. The van der Waals surface area contributed by atoms with Crippen molar-refractivity contribution in [3.8, 4) is 0 Å². The number of phosphoric ester groups is 1. The number of hydrogen-bond acceptors (Lipinski definition) is 8. The SMILES string of the molecule is CCCCCCCCCCCCCCCCCCCCCCCC(=O)OCC(O)COP(=O)(O)OCC(NC(=O)CCCCCCCCCCCCCCC)C(=O)O. The van der Waals surface area contributed by atoms with E-state index in [0.717, 1.165) is 38.5 Å². The summed E-state index contributed by atoms with van der Waals surface area (Å²) in [5, 5.41) is 21.9. The number of hydrogen-bond donors (Lipinski definition) is 4. The van der Waals surface area contributed by atoms with Crippen LogP contribution in [-0.2, 0) is 32.7 Å². The molecule has 0 aliphatic carbocycles. The summed E-state index contributed by atoms with van der Waals surface area (Å²) in [6.45, 7) is 2.63. The van der Waals surface area contributed by atoms with Crippen molar-refractivity contribution >= 4 is 25.7 Å². The first kappa shape index (κ1) is 56.5. The molecule has 11 nitrogen and oxygen atoms in total. The fourth-order valence-electron chi connectivity index (χ4n) is 7.14. The summed E-state index contributed by atoms with van der Waals surface area (Å²) in [6, 6.07) is -1.54. The van der Waals surface area contributed by atoms with E-state index in [2.05, 4.69) is 19.2 Å². The van der Waals surface area contributed by atoms with Crippen LogP contribution < -0.4 is 5.32 Å². The number of carbonyl (C=O) groups excluding carboxylic acids is 2. The van der Waals surface area contributed by atoms with E-state index in [-0.39, 0.29) is 12.8 Å². The number of amides is 1. The third-order valence-electron chi connectivity index (χ3n) is 10.9. The second-order valence-electron chi connectivity index (χ2n) is 16.7. The van der Waals surface area contributed by atoms with Crippen LogP contribution in [0.3, 0.4) is 0 Å². The summed E-state index contributed by atoms with van der Waals surface area (Å²) in [7, 11) is -4.75. The molecule has 4 N–H and O–H groups in total. The molecule has 0 bridgehead atoms. The number of rotatable bonds is 46. The van der Waals surface area contributed by atoms with Crippen LogP contribution in [0.25, 0.3) is 0 Å². The number of aliphatic hydroxyl groups excluding tert-OH is 1. The summed E-state index contributed by atoms with van der Waals surface area (Å²) in [5.74, 6) is -2.35. The van der Waals surface area contributed by atoms with Crippen molar-refractivity contribution in [2.75, 3.05) is 19.8 Å². The Morgan fingerprint density at radius 3 is 1.14 bits per heavy atom.